The van der Waals surface area contributed by atoms with Crippen molar-refractivity contribution in [2.75, 3.05) is 0 Å². The number of carbonyl (C=O) groups is 1. The molecule has 0 saturated heterocycles. The minimum Gasteiger partial charge on any atom is -0.465 e. The van der Waals surface area contributed by atoms with Crippen LogP contribution in [0.2, 0.25) is 0 Å². The lowest BCUT2D eigenvalue weighted by molar-refractivity contribution is 0.0956. The van der Waals surface area contributed by atoms with Gasteiger partial charge in [0.2, 0.25) is 0 Å². The summed E-state index contributed by atoms with van der Waals surface area (Å²) in [5.74, 6) is 0.932. The largest absolute Gasteiger partial charge is 0.465 e. The fourth-order valence-corrected chi connectivity index (χ4v) is 2.66. The molecule has 0 radical (unpaired) electrons. The topological polar surface area (TPSA) is 67.5 Å². The number of rotatable bonds is 6. The highest BCUT2D eigenvalue weighted by Crippen LogP contribution is 2.20. The Hall–Kier alpha value is -3.21. The molecule has 0 fully saturated rings. The molecule has 0 unspecified atom stereocenters. The van der Waals surface area contributed by atoms with Crippen LogP contribution in [0.5, 0.6) is 0 Å². The summed E-state index contributed by atoms with van der Waals surface area (Å²) in [7, 11) is 0. The Kier molecular flexibility index (Phi) is 5.59. The summed E-state index contributed by atoms with van der Waals surface area (Å²) in [6, 6.07) is 13.1. The Labute approximate surface area is 152 Å². The summed E-state index contributed by atoms with van der Waals surface area (Å²) < 4.78 is 5.18. The molecule has 0 aliphatic carbocycles. The summed E-state index contributed by atoms with van der Waals surface area (Å²) in [6.07, 6.45) is 7.40. The number of furan rings is 1. The van der Waals surface area contributed by atoms with E-state index in [2.05, 4.69) is 29.4 Å². The van der Waals surface area contributed by atoms with E-state index in [0.29, 0.717) is 11.5 Å². The second-order valence-corrected chi connectivity index (χ2v) is 6.37. The average Bonchev–Trinajstić information content (AvgIpc) is 3.13. The van der Waals surface area contributed by atoms with Crippen LogP contribution < -0.4 is 5.43 Å². The maximum Gasteiger partial charge on any atom is 0.272 e. The quantitative estimate of drug-likeness (QED) is 0.529. The molecule has 0 aliphatic rings. The summed E-state index contributed by atoms with van der Waals surface area (Å²) in [5.41, 5.74) is 4.88. The van der Waals surface area contributed by atoms with Crippen molar-refractivity contribution in [2.45, 2.75) is 20.3 Å². The van der Waals surface area contributed by atoms with Gasteiger partial charge in [-0.25, -0.2) is 5.43 Å². The van der Waals surface area contributed by atoms with E-state index in [-0.39, 0.29) is 5.91 Å². The fraction of sp³-hybridized carbons (Fsp3) is 0.190. The Balaban J connectivity index is 1.78. The van der Waals surface area contributed by atoms with E-state index >= 15 is 0 Å². The highest BCUT2D eigenvalue weighted by atomic mass is 16.3. The van der Waals surface area contributed by atoms with Crippen molar-refractivity contribution >= 4 is 29.1 Å². The van der Waals surface area contributed by atoms with E-state index in [1.54, 1.807) is 18.4 Å². The van der Waals surface area contributed by atoms with Crippen LogP contribution in [0.4, 0.5) is 0 Å². The van der Waals surface area contributed by atoms with Crippen LogP contribution in [0.15, 0.2) is 64.3 Å². The number of hydrogen-bond donors (Lipinski definition) is 1. The van der Waals surface area contributed by atoms with Gasteiger partial charge in [0.15, 0.2) is 0 Å². The number of nitrogens with one attached hydrogen (secondary N) is 1. The van der Waals surface area contributed by atoms with Gasteiger partial charge in [-0.15, -0.1) is 0 Å². The lowest BCUT2D eigenvalue weighted by atomic mass is 10.0. The van der Waals surface area contributed by atoms with E-state index in [9.17, 15) is 4.79 Å². The Morgan fingerprint density at radius 2 is 2.12 bits per heavy atom. The maximum absolute atomic E-state index is 12.6. The predicted molar refractivity (Wildman–Crippen MR) is 104 cm³/mol. The number of hydrazone groups is 1. The zero-order valence-corrected chi connectivity index (χ0v) is 14.8. The van der Waals surface area contributed by atoms with Gasteiger partial charge >= 0.3 is 0 Å². The van der Waals surface area contributed by atoms with Crippen molar-refractivity contribution in [1.29, 1.82) is 0 Å². The number of nitrogens with zero attached hydrogens (tertiary/aromatic N) is 2. The molecule has 132 valence electrons. The third kappa shape index (κ3) is 4.45. The summed E-state index contributed by atoms with van der Waals surface area (Å²) in [5, 5.41) is 4.79. The number of carbonyl (C=O) groups excluding carboxylic acids is 1. The van der Waals surface area contributed by atoms with Crippen LogP contribution in [0.25, 0.3) is 17.0 Å². The third-order valence-electron chi connectivity index (χ3n) is 3.76. The highest BCUT2D eigenvalue weighted by molar-refractivity contribution is 6.06. The van der Waals surface area contributed by atoms with Crippen molar-refractivity contribution in [3.63, 3.8) is 0 Å². The van der Waals surface area contributed by atoms with Gasteiger partial charge in [0.25, 0.3) is 5.91 Å². The standard InChI is InChI=1S/C21H21N3O2/c1-15(2)13-16-14-19(18-9-3-4-10-20(18)23-16)21(25)24-22-11-5-7-17-8-6-12-26-17/h3-12,14-15H,13H2,1-2H3,(H,24,25)/b7-5+,22-11+. The Morgan fingerprint density at radius 1 is 1.27 bits per heavy atom. The molecule has 0 aliphatic heterocycles. The van der Waals surface area contributed by atoms with E-state index in [1.165, 1.54) is 6.21 Å². The van der Waals surface area contributed by atoms with Gasteiger partial charge in [0, 0.05) is 17.3 Å². The minimum absolute atomic E-state index is 0.253. The van der Waals surface area contributed by atoms with Crippen LogP contribution in [0.1, 0.15) is 35.7 Å². The second-order valence-electron chi connectivity index (χ2n) is 6.37. The number of pyridine rings is 1. The lowest BCUT2D eigenvalue weighted by Crippen LogP contribution is -2.18. The van der Waals surface area contributed by atoms with Gasteiger partial charge in [-0.3, -0.25) is 9.78 Å². The molecular weight excluding hydrogens is 326 g/mol. The summed E-state index contributed by atoms with van der Waals surface area (Å²) >= 11 is 0. The summed E-state index contributed by atoms with van der Waals surface area (Å²) in [6.45, 7) is 4.26. The van der Waals surface area contributed by atoms with Crippen LogP contribution in [0, 0.1) is 5.92 Å². The molecule has 26 heavy (non-hydrogen) atoms. The SMILES string of the molecule is CC(C)Cc1cc(C(=O)N/N=C/C=C/c2ccco2)c2ccccc2n1. The van der Waals surface area contributed by atoms with Gasteiger partial charge in [-0.2, -0.15) is 5.10 Å². The van der Waals surface area contributed by atoms with Crippen LogP contribution in [-0.2, 0) is 6.42 Å². The zero-order chi connectivity index (χ0) is 18.4. The maximum atomic E-state index is 12.6. The number of amides is 1. The Morgan fingerprint density at radius 3 is 2.88 bits per heavy atom. The Bertz CT molecular complexity index is 941. The van der Waals surface area contributed by atoms with Crippen LogP contribution in [0.3, 0.4) is 0 Å². The van der Waals surface area contributed by atoms with Gasteiger partial charge in [-0.1, -0.05) is 32.0 Å². The number of hydrogen-bond acceptors (Lipinski definition) is 4. The molecule has 0 atom stereocenters. The molecule has 1 amide bonds. The molecule has 1 aromatic carbocycles. The summed E-state index contributed by atoms with van der Waals surface area (Å²) in [4.78, 5) is 17.2. The number of aromatic nitrogens is 1. The molecule has 0 saturated carbocycles. The molecular formula is C21H21N3O2. The number of fused-ring (bicyclic) bond motifs is 1. The van der Waals surface area contributed by atoms with E-state index in [0.717, 1.165) is 28.8 Å². The molecule has 1 N–H and O–H groups in total. The van der Waals surface area contributed by atoms with Gasteiger partial charge in [0.1, 0.15) is 5.76 Å². The molecule has 0 bridgehead atoms. The van der Waals surface area contributed by atoms with Crippen molar-refractivity contribution in [1.82, 2.24) is 10.4 Å². The van der Waals surface area contributed by atoms with Gasteiger partial charge < -0.3 is 4.42 Å². The monoisotopic (exact) mass is 347 g/mol. The molecule has 3 rings (SSSR count). The lowest BCUT2D eigenvalue weighted by Gasteiger charge is -2.10. The normalized spacial score (nSPS) is 11.8. The molecule has 5 heteroatoms. The molecule has 0 spiro atoms. The van der Waals surface area contributed by atoms with Crippen molar-refractivity contribution in [2.24, 2.45) is 11.0 Å². The number of allylic oxidation sites excluding steroid dienone is 1. The predicted octanol–water partition coefficient (Wildman–Crippen LogP) is 4.46. The smallest absolute Gasteiger partial charge is 0.272 e. The van der Waals surface area contributed by atoms with Crippen LogP contribution >= 0.6 is 0 Å². The molecule has 5 nitrogen and oxygen atoms in total. The first-order valence-corrected chi connectivity index (χ1v) is 8.55. The second kappa shape index (κ2) is 8.25. The minimum atomic E-state index is -0.253. The van der Waals surface area contributed by atoms with E-state index in [4.69, 9.17) is 4.42 Å². The fourth-order valence-electron chi connectivity index (χ4n) is 2.66. The number of benzene rings is 1. The van der Waals surface area contributed by atoms with Crippen molar-refractivity contribution < 1.29 is 9.21 Å². The van der Waals surface area contributed by atoms with Gasteiger partial charge in [-0.05, 0) is 48.8 Å². The zero-order valence-electron chi connectivity index (χ0n) is 14.8. The molecule has 2 heterocycles. The average molecular weight is 347 g/mol. The van der Waals surface area contributed by atoms with Crippen molar-refractivity contribution in [3.05, 3.63) is 71.8 Å². The molecule has 3 aromatic rings. The van der Waals surface area contributed by atoms with E-state index < -0.39 is 0 Å². The first-order chi connectivity index (χ1) is 12.6. The van der Waals surface area contributed by atoms with E-state index in [1.807, 2.05) is 42.5 Å². The highest BCUT2D eigenvalue weighted by Gasteiger charge is 2.13. The first-order valence-electron chi connectivity index (χ1n) is 8.55. The van der Waals surface area contributed by atoms with Crippen LogP contribution in [-0.4, -0.2) is 17.1 Å². The number of para-hydroxylation sites is 1. The third-order valence-corrected chi connectivity index (χ3v) is 3.76. The van der Waals surface area contributed by atoms with Crippen molar-refractivity contribution in [3.8, 4) is 0 Å². The first kappa shape index (κ1) is 17.6. The van der Waals surface area contributed by atoms with Gasteiger partial charge in [0.05, 0.1) is 17.3 Å². The molecule has 2 aromatic heterocycles.